The van der Waals surface area contributed by atoms with Gasteiger partial charge in [0.1, 0.15) is 0 Å². The van der Waals surface area contributed by atoms with E-state index < -0.39 is 0 Å². The Labute approximate surface area is 99.6 Å². The first-order valence-electron chi connectivity index (χ1n) is 5.28. The van der Waals surface area contributed by atoms with Crippen LogP contribution in [-0.2, 0) is 6.42 Å². The molecule has 0 amide bonds. The van der Waals surface area contributed by atoms with Gasteiger partial charge in [0, 0.05) is 28.8 Å². The second-order valence-electron chi connectivity index (χ2n) is 4.93. The molecule has 0 radical (unpaired) electrons. The van der Waals surface area contributed by atoms with Crippen LogP contribution in [0.5, 0.6) is 0 Å². The molecule has 0 saturated heterocycles. The second kappa shape index (κ2) is 3.80. The van der Waals surface area contributed by atoms with Gasteiger partial charge in [0.2, 0.25) is 0 Å². The molecule has 82 valence electrons. The van der Waals surface area contributed by atoms with Crippen molar-refractivity contribution in [2.24, 2.45) is 5.73 Å². The lowest BCUT2D eigenvalue weighted by Gasteiger charge is -2.28. The maximum absolute atomic E-state index is 6.06. The van der Waals surface area contributed by atoms with E-state index in [1.807, 2.05) is 0 Å². The first kappa shape index (κ1) is 11.0. The molecular weight excluding hydrogens is 252 g/mol. The largest absolute Gasteiger partial charge is 0.369 e. The summed E-state index contributed by atoms with van der Waals surface area (Å²) in [5.74, 6) is 0. The van der Waals surface area contributed by atoms with Crippen LogP contribution in [0.2, 0.25) is 0 Å². The molecule has 2 N–H and O–H groups in total. The van der Waals surface area contributed by atoms with Crippen LogP contribution in [0.3, 0.4) is 0 Å². The molecule has 0 aliphatic carbocycles. The fraction of sp³-hybridized carbons (Fsp3) is 0.500. The minimum atomic E-state index is -0.135. The predicted molar refractivity (Wildman–Crippen MR) is 68.3 cm³/mol. The van der Waals surface area contributed by atoms with E-state index in [0.29, 0.717) is 0 Å². The van der Waals surface area contributed by atoms with E-state index in [9.17, 15) is 0 Å². The maximum Gasteiger partial charge on any atom is 0.0411 e. The lowest BCUT2D eigenvalue weighted by atomic mass is 10.1. The molecule has 1 aromatic carbocycles. The van der Waals surface area contributed by atoms with Gasteiger partial charge in [-0.25, -0.2) is 0 Å². The first-order chi connectivity index (χ1) is 6.96. The Balaban J connectivity index is 2.24. The van der Waals surface area contributed by atoms with E-state index in [1.54, 1.807) is 0 Å². The molecule has 1 aromatic rings. The molecule has 1 aliphatic heterocycles. The van der Waals surface area contributed by atoms with Gasteiger partial charge >= 0.3 is 0 Å². The molecule has 0 fully saturated rings. The Morgan fingerprint density at radius 2 is 2.20 bits per heavy atom. The van der Waals surface area contributed by atoms with Crippen molar-refractivity contribution in [1.82, 2.24) is 0 Å². The van der Waals surface area contributed by atoms with Gasteiger partial charge in [0.25, 0.3) is 0 Å². The number of fused-ring (bicyclic) bond motifs is 1. The van der Waals surface area contributed by atoms with Crippen LogP contribution in [0.4, 0.5) is 5.69 Å². The Morgan fingerprint density at radius 3 is 2.87 bits per heavy atom. The number of halogens is 1. The van der Waals surface area contributed by atoms with Crippen LogP contribution in [0.1, 0.15) is 19.4 Å². The molecule has 0 bridgehead atoms. The minimum absolute atomic E-state index is 0.135. The van der Waals surface area contributed by atoms with Crippen LogP contribution in [0, 0.1) is 0 Å². The van der Waals surface area contributed by atoms with Gasteiger partial charge < -0.3 is 10.6 Å². The van der Waals surface area contributed by atoms with Crippen molar-refractivity contribution >= 4 is 21.6 Å². The van der Waals surface area contributed by atoms with E-state index in [0.717, 1.165) is 24.0 Å². The zero-order valence-corrected chi connectivity index (χ0v) is 10.8. The average molecular weight is 269 g/mol. The fourth-order valence-corrected chi connectivity index (χ4v) is 2.42. The number of benzene rings is 1. The molecule has 2 nitrogen and oxygen atoms in total. The first-order valence-corrected chi connectivity index (χ1v) is 6.07. The summed E-state index contributed by atoms with van der Waals surface area (Å²) in [4.78, 5) is 2.38. The Kier molecular flexibility index (Phi) is 2.77. The van der Waals surface area contributed by atoms with Crippen LogP contribution in [0.25, 0.3) is 0 Å². The monoisotopic (exact) mass is 268 g/mol. The maximum atomic E-state index is 6.06. The number of rotatable bonds is 2. The highest BCUT2D eigenvalue weighted by molar-refractivity contribution is 9.10. The van der Waals surface area contributed by atoms with Crippen molar-refractivity contribution in [3.05, 3.63) is 28.2 Å². The van der Waals surface area contributed by atoms with E-state index in [2.05, 4.69) is 52.9 Å². The molecule has 0 spiro atoms. The number of nitrogens with zero attached hydrogens (tertiary/aromatic N) is 1. The van der Waals surface area contributed by atoms with E-state index in [1.165, 1.54) is 11.3 Å². The van der Waals surface area contributed by atoms with Crippen LogP contribution in [-0.4, -0.2) is 18.6 Å². The SMILES string of the molecule is CC(C)(N)CN1CCc2ccc(Br)cc21. The third kappa shape index (κ3) is 2.52. The van der Waals surface area contributed by atoms with E-state index in [-0.39, 0.29) is 5.54 Å². The lowest BCUT2D eigenvalue weighted by molar-refractivity contribution is 0.511. The summed E-state index contributed by atoms with van der Waals surface area (Å²) >= 11 is 3.51. The normalized spacial score (nSPS) is 15.6. The molecule has 0 atom stereocenters. The quantitative estimate of drug-likeness (QED) is 0.894. The summed E-state index contributed by atoms with van der Waals surface area (Å²) in [6.07, 6.45) is 1.14. The smallest absolute Gasteiger partial charge is 0.0411 e. The van der Waals surface area contributed by atoms with Gasteiger partial charge in [0.15, 0.2) is 0 Å². The van der Waals surface area contributed by atoms with E-state index in [4.69, 9.17) is 5.73 Å². The van der Waals surface area contributed by atoms with Crippen molar-refractivity contribution in [1.29, 1.82) is 0 Å². The fourth-order valence-electron chi connectivity index (χ4n) is 2.07. The van der Waals surface area contributed by atoms with Crippen molar-refractivity contribution in [2.45, 2.75) is 25.8 Å². The number of nitrogens with two attached hydrogens (primary N) is 1. The molecule has 1 aliphatic rings. The third-order valence-corrected chi connectivity index (χ3v) is 3.13. The van der Waals surface area contributed by atoms with E-state index >= 15 is 0 Å². The molecule has 2 rings (SSSR count). The third-order valence-electron chi connectivity index (χ3n) is 2.64. The molecule has 15 heavy (non-hydrogen) atoms. The zero-order valence-electron chi connectivity index (χ0n) is 9.26. The number of hydrogen-bond acceptors (Lipinski definition) is 2. The molecule has 1 heterocycles. The topological polar surface area (TPSA) is 29.3 Å². The van der Waals surface area contributed by atoms with Crippen molar-refractivity contribution < 1.29 is 0 Å². The highest BCUT2D eigenvalue weighted by Gasteiger charge is 2.23. The van der Waals surface area contributed by atoms with Gasteiger partial charge in [-0.1, -0.05) is 22.0 Å². The van der Waals surface area contributed by atoms with Crippen LogP contribution >= 0.6 is 15.9 Å². The summed E-state index contributed by atoms with van der Waals surface area (Å²) in [6, 6.07) is 6.49. The molecule has 0 unspecified atom stereocenters. The van der Waals surface area contributed by atoms with Gasteiger partial charge in [-0.05, 0) is 38.0 Å². The second-order valence-corrected chi connectivity index (χ2v) is 5.85. The van der Waals surface area contributed by atoms with Gasteiger partial charge in [-0.2, -0.15) is 0 Å². The van der Waals surface area contributed by atoms with Gasteiger partial charge in [-0.3, -0.25) is 0 Å². The van der Waals surface area contributed by atoms with Gasteiger partial charge in [-0.15, -0.1) is 0 Å². The summed E-state index contributed by atoms with van der Waals surface area (Å²) in [5.41, 5.74) is 8.69. The van der Waals surface area contributed by atoms with Crippen LogP contribution in [0.15, 0.2) is 22.7 Å². The summed E-state index contributed by atoms with van der Waals surface area (Å²) < 4.78 is 1.14. The molecule has 0 aromatic heterocycles. The average Bonchev–Trinajstić information content (AvgIpc) is 2.46. The highest BCUT2D eigenvalue weighted by atomic mass is 79.9. The molecule has 3 heteroatoms. The van der Waals surface area contributed by atoms with Crippen LogP contribution < -0.4 is 10.6 Å². The number of anilines is 1. The molecular formula is C12H17BrN2. The Hall–Kier alpha value is -0.540. The lowest BCUT2D eigenvalue weighted by Crippen LogP contribution is -2.44. The number of hydrogen-bond donors (Lipinski definition) is 1. The highest BCUT2D eigenvalue weighted by Crippen LogP contribution is 2.31. The predicted octanol–water partition coefficient (Wildman–Crippen LogP) is 2.55. The zero-order chi connectivity index (χ0) is 11.1. The van der Waals surface area contributed by atoms with Crippen molar-refractivity contribution in [3.63, 3.8) is 0 Å². The Bertz CT molecular complexity index is 368. The summed E-state index contributed by atoms with van der Waals surface area (Å²) in [7, 11) is 0. The summed E-state index contributed by atoms with van der Waals surface area (Å²) in [6.45, 7) is 6.15. The van der Waals surface area contributed by atoms with Crippen molar-refractivity contribution in [3.8, 4) is 0 Å². The Morgan fingerprint density at radius 1 is 1.47 bits per heavy atom. The van der Waals surface area contributed by atoms with Crippen molar-refractivity contribution in [2.75, 3.05) is 18.0 Å². The van der Waals surface area contributed by atoms with Gasteiger partial charge in [0.05, 0.1) is 0 Å². The standard InChI is InChI=1S/C12H17BrN2/c1-12(2,14)8-15-6-5-9-3-4-10(13)7-11(9)15/h3-4,7H,5-6,8,14H2,1-2H3. The minimum Gasteiger partial charge on any atom is -0.369 e. The summed E-state index contributed by atoms with van der Waals surface area (Å²) in [5, 5.41) is 0. The molecule has 0 saturated carbocycles.